The predicted molar refractivity (Wildman–Crippen MR) is 121 cm³/mol. The van der Waals surface area contributed by atoms with Crippen LogP contribution in [0.4, 0.5) is 9.93 Å². The van der Waals surface area contributed by atoms with Crippen molar-refractivity contribution < 1.29 is 14.4 Å². The SMILES string of the molecule is C=CCN(C(=O)CN1C(=O)N[C@]2(CCCC[C@H]2C)C1=O)c1nc(-c2ccccc2)cs1. The maximum atomic E-state index is 13.2. The number of benzene rings is 1. The van der Waals surface area contributed by atoms with Gasteiger partial charge in [-0.1, -0.05) is 56.2 Å². The van der Waals surface area contributed by atoms with Crippen molar-refractivity contribution in [2.45, 2.75) is 38.1 Å². The minimum Gasteiger partial charge on any atom is -0.323 e. The molecule has 1 aromatic carbocycles. The number of nitrogens with one attached hydrogen (secondary N) is 1. The van der Waals surface area contributed by atoms with Crippen LogP contribution in [0.2, 0.25) is 0 Å². The van der Waals surface area contributed by atoms with Crippen LogP contribution in [0.15, 0.2) is 48.4 Å². The lowest BCUT2D eigenvalue weighted by Crippen LogP contribution is -2.54. The van der Waals surface area contributed by atoms with Crippen molar-refractivity contribution in [1.29, 1.82) is 0 Å². The summed E-state index contributed by atoms with van der Waals surface area (Å²) in [5, 5.41) is 5.29. The highest BCUT2D eigenvalue weighted by molar-refractivity contribution is 7.14. The van der Waals surface area contributed by atoms with Crippen LogP contribution >= 0.6 is 11.3 Å². The molecule has 1 spiro atoms. The number of anilines is 1. The molecule has 1 N–H and O–H groups in total. The fourth-order valence-electron chi connectivity index (χ4n) is 4.41. The van der Waals surface area contributed by atoms with Crippen LogP contribution in [-0.2, 0) is 9.59 Å². The van der Waals surface area contributed by atoms with Crippen LogP contribution in [0, 0.1) is 5.92 Å². The van der Waals surface area contributed by atoms with Gasteiger partial charge in [-0.05, 0) is 18.8 Å². The second-order valence-electron chi connectivity index (χ2n) is 8.11. The molecule has 31 heavy (non-hydrogen) atoms. The first-order valence-electron chi connectivity index (χ1n) is 10.5. The minimum absolute atomic E-state index is 0.0504. The number of nitrogens with zero attached hydrogens (tertiary/aromatic N) is 3. The summed E-state index contributed by atoms with van der Waals surface area (Å²) >= 11 is 1.34. The molecule has 1 aliphatic heterocycles. The second kappa shape index (κ2) is 8.63. The Labute approximate surface area is 185 Å². The molecule has 1 aromatic heterocycles. The van der Waals surface area contributed by atoms with Gasteiger partial charge in [0.05, 0.1) is 5.69 Å². The summed E-state index contributed by atoms with van der Waals surface area (Å²) in [6, 6.07) is 9.21. The van der Waals surface area contributed by atoms with Crippen molar-refractivity contribution in [2.75, 3.05) is 18.0 Å². The highest BCUT2D eigenvalue weighted by Gasteiger charge is 2.55. The fraction of sp³-hybridized carbons (Fsp3) is 0.391. The van der Waals surface area contributed by atoms with Crippen LogP contribution in [0.25, 0.3) is 11.3 Å². The van der Waals surface area contributed by atoms with Gasteiger partial charge in [0.1, 0.15) is 12.1 Å². The topological polar surface area (TPSA) is 82.6 Å². The normalized spacial score (nSPS) is 23.1. The minimum atomic E-state index is -0.874. The molecule has 162 valence electrons. The Bertz CT molecular complexity index is 1010. The monoisotopic (exact) mass is 438 g/mol. The van der Waals surface area contributed by atoms with Crippen molar-refractivity contribution >= 4 is 34.3 Å². The lowest BCUT2D eigenvalue weighted by molar-refractivity contribution is -0.136. The van der Waals surface area contributed by atoms with Gasteiger partial charge in [0.2, 0.25) is 5.91 Å². The summed E-state index contributed by atoms with van der Waals surface area (Å²) in [6.07, 6.45) is 5.05. The molecule has 2 aromatic rings. The van der Waals surface area contributed by atoms with Gasteiger partial charge < -0.3 is 5.32 Å². The van der Waals surface area contributed by atoms with Crippen LogP contribution in [0.3, 0.4) is 0 Å². The van der Waals surface area contributed by atoms with Crippen LogP contribution in [0.5, 0.6) is 0 Å². The first kappa shape index (κ1) is 21.2. The standard InChI is InChI=1S/C23H26N4O3S/c1-3-13-26(22-24-18(15-31-22)17-10-5-4-6-11-17)19(28)14-27-20(29)23(25-21(27)30)12-8-7-9-16(23)2/h3-6,10-11,15-16H,1,7-9,12-14H2,2H3,(H,25,30)/t16-,23+/m1/s1. The number of urea groups is 1. The third-order valence-electron chi connectivity index (χ3n) is 6.20. The number of aromatic nitrogens is 1. The maximum Gasteiger partial charge on any atom is 0.325 e. The number of carbonyl (C=O) groups excluding carboxylic acids is 3. The van der Waals surface area contributed by atoms with Crippen molar-refractivity contribution in [3.05, 3.63) is 48.4 Å². The molecular formula is C23H26N4O3S. The Balaban J connectivity index is 1.53. The third-order valence-corrected chi connectivity index (χ3v) is 7.06. The number of thiazole rings is 1. The summed E-state index contributed by atoms with van der Waals surface area (Å²) in [7, 11) is 0. The van der Waals surface area contributed by atoms with Gasteiger partial charge in [-0.25, -0.2) is 9.78 Å². The molecule has 0 radical (unpaired) electrons. The Morgan fingerprint density at radius 1 is 1.35 bits per heavy atom. The molecule has 2 fully saturated rings. The Hall–Kier alpha value is -3.00. The van der Waals surface area contributed by atoms with Gasteiger partial charge in [0.25, 0.3) is 5.91 Å². The summed E-state index contributed by atoms with van der Waals surface area (Å²) < 4.78 is 0. The zero-order valence-corrected chi connectivity index (χ0v) is 18.4. The van der Waals surface area contributed by atoms with E-state index in [9.17, 15) is 14.4 Å². The summed E-state index contributed by atoms with van der Waals surface area (Å²) in [6.45, 7) is 5.66. The Morgan fingerprint density at radius 2 is 2.13 bits per heavy atom. The second-order valence-corrected chi connectivity index (χ2v) is 8.95. The molecule has 0 bridgehead atoms. The van der Waals surface area contributed by atoms with Crippen molar-refractivity contribution in [2.24, 2.45) is 5.92 Å². The number of hydrogen-bond acceptors (Lipinski definition) is 5. The molecule has 1 saturated heterocycles. The zero-order valence-electron chi connectivity index (χ0n) is 17.5. The Morgan fingerprint density at radius 3 is 2.84 bits per heavy atom. The van der Waals surface area contributed by atoms with E-state index in [1.807, 2.05) is 42.6 Å². The third kappa shape index (κ3) is 3.87. The molecule has 4 rings (SSSR count). The van der Waals surface area contributed by atoms with E-state index in [2.05, 4.69) is 16.9 Å². The van der Waals surface area contributed by atoms with E-state index in [1.54, 1.807) is 6.08 Å². The molecule has 2 heterocycles. The molecule has 1 aliphatic carbocycles. The average molecular weight is 439 g/mol. The van der Waals surface area contributed by atoms with E-state index in [0.717, 1.165) is 35.4 Å². The van der Waals surface area contributed by atoms with Gasteiger partial charge in [-0.15, -0.1) is 17.9 Å². The molecule has 1 saturated carbocycles. The largest absolute Gasteiger partial charge is 0.325 e. The highest BCUT2D eigenvalue weighted by atomic mass is 32.1. The van der Waals surface area contributed by atoms with Gasteiger partial charge in [-0.2, -0.15) is 0 Å². The van der Waals surface area contributed by atoms with E-state index < -0.39 is 11.6 Å². The van der Waals surface area contributed by atoms with Crippen molar-refractivity contribution in [3.63, 3.8) is 0 Å². The number of hydrogen-bond donors (Lipinski definition) is 1. The highest BCUT2D eigenvalue weighted by Crippen LogP contribution is 2.38. The van der Waals surface area contributed by atoms with E-state index in [4.69, 9.17) is 0 Å². The zero-order chi connectivity index (χ0) is 22.0. The first-order valence-corrected chi connectivity index (χ1v) is 11.4. The fourth-order valence-corrected chi connectivity index (χ4v) is 5.27. The smallest absolute Gasteiger partial charge is 0.323 e. The Kier molecular flexibility index (Phi) is 5.91. The van der Waals surface area contributed by atoms with Gasteiger partial charge in [0, 0.05) is 17.5 Å². The van der Waals surface area contributed by atoms with Crippen molar-refractivity contribution in [3.8, 4) is 11.3 Å². The molecule has 7 nitrogen and oxygen atoms in total. The van der Waals surface area contributed by atoms with Crippen LogP contribution in [0.1, 0.15) is 32.6 Å². The van der Waals surface area contributed by atoms with E-state index in [0.29, 0.717) is 11.6 Å². The number of imide groups is 1. The molecule has 0 unspecified atom stereocenters. The van der Waals surface area contributed by atoms with E-state index in [1.165, 1.54) is 16.2 Å². The molecular weight excluding hydrogens is 412 g/mol. The maximum absolute atomic E-state index is 13.2. The number of rotatable bonds is 6. The molecule has 4 amide bonds. The first-order chi connectivity index (χ1) is 15.0. The van der Waals surface area contributed by atoms with Crippen LogP contribution < -0.4 is 10.2 Å². The summed E-state index contributed by atoms with van der Waals surface area (Å²) in [5.74, 6) is -0.604. The van der Waals surface area contributed by atoms with Crippen molar-refractivity contribution in [1.82, 2.24) is 15.2 Å². The van der Waals surface area contributed by atoms with E-state index in [-0.39, 0.29) is 30.8 Å². The molecule has 8 heteroatoms. The average Bonchev–Trinajstić information content (AvgIpc) is 3.35. The molecule has 2 atom stereocenters. The number of carbonyl (C=O) groups is 3. The quantitative estimate of drug-likeness (QED) is 0.549. The van der Waals surface area contributed by atoms with Gasteiger partial charge in [-0.3, -0.25) is 19.4 Å². The van der Waals surface area contributed by atoms with Gasteiger partial charge in [0.15, 0.2) is 5.13 Å². The number of amides is 4. The predicted octanol–water partition coefficient (Wildman–Crippen LogP) is 3.83. The lowest BCUT2D eigenvalue weighted by atomic mass is 9.73. The summed E-state index contributed by atoms with van der Waals surface area (Å²) in [4.78, 5) is 46.1. The van der Waals surface area contributed by atoms with E-state index >= 15 is 0 Å². The molecule has 2 aliphatic rings. The summed E-state index contributed by atoms with van der Waals surface area (Å²) in [5.41, 5.74) is 0.853. The lowest BCUT2D eigenvalue weighted by Gasteiger charge is -2.36. The van der Waals surface area contributed by atoms with Gasteiger partial charge >= 0.3 is 6.03 Å². The van der Waals surface area contributed by atoms with Crippen LogP contribution in [-0.4, -0.2) is 46.4 Å².